The minimum Gasteiger partial charge on any atom is -0.398 e. The third kappa shape index (κ3) is 3.10. The van der Waals surface area contributed by atoms with Crippen molar-refractivity contribution < 1.29 is 4.39 Å². The maximum atomic E-state index is 13.6. The van der Waals surface area contributed by atoms with Gasteiger partial charge in [-0.3, -0.25) is 0 Å². The highest BCUT2D eigenvalue weighted by atomic mass is 35.5. The summed E-state index contributed by atoms with van der Waals surface area (Å²) in [5, 5.41) is 1.01. The molecule has 0 saturated carbocycles. The average Bonchev–Trinajstić information content (AvgIpc) is 2.31. The zero-order valence-corrected chi connectivity index (χ0v) is 11.6. The molecule has 0 amide bonds. The van der Waals surface area contributed by atoms with Gasteiger partial charge in [0, 0.05) is 31.9 Å². The lowest BCUT2D eigenvalue weighted by molar-refractivity contribution is 0.617. The highest BCUT2D eigenvalue weighted by molar-refractivity contribution is 7.98. The number of rotatable bonds is 3. The molecule has 2 aromatic rings. The maximum absolute atomic E-state index is 13.6. The molecule has 0 spiro atoms. The van der Waals surface area contributed by atoms with Gasteiger partial charge in [-0.2, -0.15) is 0 Å². The molecule has 0 heterocycles. The highest BCUT2D eigenvalue weighted by Crippen LogP contribution is 2.32. The Morgan fingerprint density at radius 1 is 1.17 bits per heavy atom. The third-order valence-corrected chi connectivity index (χ3v) is 4.11. The van der Waals surface area contributed by atoms with Gasteiger partial charge in [0.2, 0.25) is 0 Å². The van der Waals surface area contributed by atoms with Gasteiger partial charge in [-0.25, -0.2) is 4.39 Å². The normalized spacial score (nSPS) is 10.6. The lowest BCUT2D eigenvalue weighted by atomic mass is 10.2. The van der Waals surface area contributed by atoms with Crippen LogP contribution in [0, 0.1) is 5.82 Å². The SMILES string of the molecule is Nc1cc(Cl)ccc1SCc1c(F)cccc1Cl. The molecule has 0 aromatic heterocycles. The first kappa shape index (κ1) is 13.5. The van der Waals surface area contributed by atoms with Gasteiger partial charge in [-0.1, -0.05) is 29.3 Å². The molecule has 0 bridgehead atoms. The molecular weight excluding hydrogens is 292 g/mol. The van der Waals surface area contributed by atoms with Crippen LogP contribution < -0.4 is 5.73 Å². The molecular formula is C13H10Cl2FNS. The van der Waals surface area contributed by atoms with Crippen LogP contribution in [0.15, 0.2) is 41.3 Å². The Bertz CT molecular complexity index is 555. The molecule has 2 N–H and O–H groups in total. The Hall–Kier alpha value is -0.900. The lowest BCUT2D eigenvalue weighted by Crippen LogP contribution is -1.91. The van der Waals surface area contributed by atoms with Crippen molar-refractivity contribution in [3.8, 4) is 0 Å². The van der Waals surface area contributed by atoms with Crippen LogP contribution in [0.5, 0.6) is 0 Å². The summed E-state index contributed by atoms with van der Waals surface area (Å²) in [6.07, 6.45) is 0. The third-order valence-electron chi connectivity index (χ3n) is 2.41. The number of halogens is 3. The Kier molecular flexibility index (Phi) is 4.38. The molecule has 0 radical (unpaired) electrons. The quantitative estimate of drug-likeness (QED) is 0.637. The average molecular weight is 302 g/mol. The summed E-state index contributed by atoms with van der Waals surface area (Å²) in [6, 6.07) is 9.90. The lowest BCUT2D eigenvalue weighted by Gasteiger charge is -2.08. The second kappa shape index (κ2) is 5.83. The molecule has 0 fully saturated rings. The van der Waals surface area contributed by atoms with Crippen molar-refractivity contribution in [1.29, 1.82) is 0 Å². The second-order valence-corrected chi connectivity index (χ2v) is 5.53. The fraction of sp³-hybridized carbons (Fsp3) is 0.0769. The minimum absolute atomic E-state index is 0.303. The van der Waals surface area contributed by atoms with Gasteiger partial charge in [0.15, 0.2) is 0 Å². The molecule has 0 atom stereocenters. The summed E-state index contributed by atoms with van der Waals surface area (Å²) in [4.78, 5) is 0.860. The van der Waals surface area contributed by atoms with Gasteiger partial charge in [-0.15, -0.1) is 11.8 Å². The Morgan fingerprint density at radius 3 is 2.61 bits per heavy atom. The van der Waals surface area contributed by atoms with E-state index in [0.717, 1.165) is 4.90 Å². The summed E-state index contributed by atoms with van der Waals surface area (Å²) in [5.74, 6) is 0.125. The van der Waals surface area contributed by atoms with E-state index < -0.39 is 0 Å². The van der Waals surface area contributed by atoms with Gasteiger partial charge in [0.1, 0.15) is 5.82 Å². The van der Waals surface area contributed by atoms with Crippen LogP contribution in [0.2, 0.25) is 10.0 Å². The fourth-order valence-corrected chi connectivity index (χ4v) is 2.94. The fourth-order valence-electron chi connectivity index (χ4n) is 1.47. The molecule has 0 saturated heterocycles. The van der Waals surface area contributed by atoms with Crippen molar-refractivity contribution in [1.82, 2.24) is 0 Å². The number of anilines is 1. The summed E-state index contributed by atoms with van der Waals surface area (Å²) in [6.45, 7) is 0. The van der Waals surface area contributed by atoms with E-state index >= 15 is 0 Å². The Labute approximate surface area is 119 Å². The van der Waals surface area contributed by atoms with Crippen LogP contribution >= 0.6 is 35.0 Å². The van der Waals surface area contributed by atoms with Crippen LogP contribution in [-0.4, -0.2) is 0 Å². The van der Waals surface area contributed by atoms with Crippen molar-refractivity contribution in [3.63, 3.8) is 0 Å². The second-order valence-electron chi connectivity index (χ2n) is 3.67. The van der Waals surface area contributed by atoms with Crippen molar-refractivity contribution in [2.75, 3.05) is 5.73 Å². The minimum atomic E-state index is -0.303. The van der Waals surface area contributed by atoms with E-state index in [1.165, 1.54) is 17.8 Å². The van der Waals surface area contributed by atoms with Crippen molar-refractivity contribution >= 4 is 40.7 Å². The molecule has 0 aliphatic rings. The van der Waals surface area contributed by atoms with Gasteiger partial charge in [-0.05, 0) is 30.3 Å². The Morgan fingerprint density at radius 2 is 1.94 bits per heavy atom. The monoisotopic (exact) mass is 301 g/mol. The molecule has 18 heavy (non-hydrogen) atoms. The number of nitrogen functional groups attached to an aromatic ring is 1. The molecule has 1 nitrogen and oxygen atoms in total. The molecule has 94 valence electrons. The van der Waals surface area contributed by atoms with E-state index in [1.807, 2.05) is 6.07 Å². The van der Waals surface area contributed by atoms with Crippen LogP contribution in [0.4, 0.5) is 10.1 Å². The van der Waals surface area contributed by atoms with Crippen molar-refractivity contribution in [3.05, 3.63) is 57.8 Å². The number of hydrogen-bond donors (Lipinski definition) is 1. The van der Waals surface area contributed by atoms with E-state index in [1.54, 1.807) is 24.3 Å². The summed E-state index contributed by atoms with van der Waals surface area (Å²) >= 11 is 13.2. The van der Waals surface area contributed by atoms with E-state index in [4.69, 9.17) is 28.9 Å². The topological polar surface area (TPSA) is 26.0 Å². The number of benzene rings is 2. The van der Waals surface area contributed by atoms with Gasteiger partial charge >= 0.3 is 0 Å². The van der Waals surface area contributed by atoms with Crippen molar-refractivity contribution in [2.45, 2.75) is 10.6 Å². The largest absolute Gasteiger partial charge is 0.398 e. The first-order chi connectivity index (χ1) is 8.58. The molecule has 5 heteroatoms. The van der Waals surface area contributed by atoms with Crippen molar-refractivity contribution in [2.24, 2.45) is 0 Å². The number of nitrogens with two attached hydrogens (primary N) is 1. The Balaban J connectivity index is 2.16. The first-order valence-corrected chi connectivity index (χ1v) is 6.93. The van der Waals surface area contributed by atoms with E-state index in [0.29, 0.717) is 27.0 Å². The first-order valence-electron chi connectivity index (χ1n) is 5.18. The predicted molar refractivity (Wildman–Crippen MR) is 76.8 cm³/mol. The molecule has 0 aliphatic carbocycles. The highest BCUT2D eigenvalue weighted by Gasteiger charge is 2.08. The standard InChI is InChI=1S/C13H10Cl2FNS/c14-8-4-5-13(12(17)6-8)18-7-9-10(15)2-1-3-11(9)16/h1-6H,7,17H2. The van der Waals surface area contributed by atoms with E-state index in [-0.39, 0.29) is 5.82 Å². The molecule has 2 rings (SSSR count). The molecule has 2 aromatic carbocycles. The number of hydrogen-bond acceptors (Lipinski definition) is 2. The van der Waals surface area contributed by atoms with Gasteiger partial charge in [0.25, 0.3) is 0 Å². The smallest absolute Gasteiger partial charge is 0.128 e. The van der Waals surface area contributed by atoms with Crippen LogP contribution in [-0.2, 0) is 5.75 Å². The summed E-state index contributed by atoms with van der Waals surface area (Å²) in [5.41, 5.74) is 6.90. The number of thioether (sulfide) groups is 1. The zero-order valence-electron chi connectivity index (χ0n) is 9.29. The van der Waals surface area contributed by atoms with E-state index in [2.05, 4.69) is 0 Å². The molecule has 0 unspecified atom stereocenters. The van der Waals surface area contributed by atoms with E-state index in [9.17, 15) is 4.39 Å². The van der Waals surface area contributed by atoms with Crippen LogP contribution in [0.25, 0.3) is 0 Å². The van der Waals surface area contributed by atoms with Gasteiger partial charge in [0.05, 0.1) is 0 Å². The maximum Gasteiger partial charge on any atom is 0.128 e. The summed E-state index contributed by atoms with van der Waals surface area (Å²) < 4.78 is 13.6. The molecule has 0 aliphatic heterocycles. The van der Waals surface area contributed by atoms with Gasteiger partial charge < -0.3 is 5.73 Å². The zero-order chi connectivity index (χ0) is 13.1. The van der Waals surface area contributed by atoms with Crippen LogP contribution in [0.3, 0.4) is 0 Å². The van der Waals surface area contributed by atoms with Crippen LogP contribution in [0.1, 0.15) is 5.56 Å². The summed E-state index contributed by atoms with van der Waals surface area (Å²) in [7, 11) is 0. The predicted octanol–water partition coefficient (Wildman–Crippen LogP) is 5.01.